The first-order chi connectivity index (χ1) is 19.8. The molecule has 0 spiro atoms. The fraction of sp³-hybridized carbons (Fsp3) is 0.366. The standard InChI is InChI=1S/C41H52O/c1-30(18-14-20-32(3)22-25-38-26-24-34(5)36(7)37(38)8)16-12-13-17-31(2)19-15-21-33(4)23-27-40-35(6)28-39(42-11)29-41(40,9)10/h12-22,24-26,39H,28-29H2,1-11H3. The largest absolute Gasteiger partial charge is 0.381 e. The number of methoxy groups -OCH3 is 1. The molecule has 0 bridgehead atoms. The molecule has 0 radical (unpaired) electrons. The van der Waals surface area contributed by atoms with Crippen LogP contribution in [0.2, 0.25) is 0 Å². The van der Waals surface area contributed by atoms with Crippen molar-refractivity contribution < 1.29 is 4.74 Å². The summed E-state index contributed by atoms with van der Waals surface area (Å²) in [6.45, 7) is 21.7. The third-order valence-corrected chi connectivity index (χ3v) is 7.97. The molecular formula is C41H52O. The van der Waals surface area contributed by atoms with Crippen LogP contribution >= 0.6 is 0 Å². The zero-order chi connectivity index (χ0) is 31.3. The lowest BCUT2D eigenvalue weighted by molar-refractivity contribution is 0.0630. The van der Waals surface area contributed by atoms with Gasteiger partial charge in [-0.25, -0.2) is 0 Å². The minimum atomic E-state index is 0.0495. The average molecular weight is 561 g/mol. The van der Waals surface area contributed by atoms with Crippen molar-refractivity contribution in [3.8, 4) is 11.8 Å². The van der Waals surface area contributed by atoms with E-state index in [0.29, 0.717) is 6.10 Å². The summed E-state index contributed by atoms with van der Waals surface area (Å²) in [6, 6.07) is 4.39. The lowest BCUT2D eigenvalue weighted by Crippen LogP contribution is -2.29. The number of benzene rings is 1. The average Bonchev–Trinajstić information content (AvgIpc) is 2.92. The molecule has 1 nitrogen and oxygen atoms in total. The van der Waals surface area contributed by atoms with Gasteiger partial charge < -0.3 is 4.74 Å². The van der Waals surface area contributed by atoms with Crippen LogP contribution in [0.1, 0.15) is 83.6 Å². The van der Waals surface area contributed by atoms with Crippen molar-refractivity contribution in [1.29, 1.82) is 0 Å². The van der Waals surface area contributed by atoms with Gasteiger partial charge in [-0.2, -0.15) is 0 Å². The lowest BCUT2D eigenvalue weighted by Gasteiger charge is -2.36. The molecule has 0 saturated heterocycles. The third kappa shape index (κ3) is 11.3. The molecule has 0 aromatic heterocycles. The van der Waals surface area contributed by atoms with E-state index in [9.17, 15) is 0 Å². The van der Waals surface area contributed by atoms with E-state index in [2.05, 4.69) is 166 Å². The Morgan fingerprint density at radius 3 is 1.95 bits per heavy atom. The number of ether oxygens (including phenoxy) is 1. The van der Waals surface area contributed by atoms with Gasteiger partial charge in [0.2, 0.25) is 0 Å². The minimum Gasteiger partial charge on any atom is -0.381 e. The van der Waals surface area contributed by atoms with Crippen molar-refractivity contribution >= 4 is 6.08 Å². The summed E-state index contributed by atoms with van der Waals surface area (Å²) in [6.07, 6.45) is 27.7. The molecule has 0 fully saturated rings. The smallest absolute Gasteiger partial charge is 0.0617 e. The van der Waals surface area contributed by atoms with Crippen LogP contribution in [0, 0.1) is 38.0 Å². The summed E-state index contributed by atoms with van der Waals surface area (Å²) in [4.78, 5) is 0. The van der Waals surface area contributed by atoms with E-state index in [1.807, 2.05) is 0 Å². The molecule has 1 aromatic rings. The van der Waals surface area contributed by atoms with Crippen molar-refractivity contribution in [3.63, 3.8) is 0 Å². The molecule has 1 heteroatoms. The normalized spacial score (nSPS) is 19.1. The summed E-state index contributed by atoms with van der Waals surface area (Å²) >= 11 is 0. The number of allylic oxidation sites excluding steroid dienone is 16. The van der Waals surface area contributed by atoms with Crippen molar-refractivity contribution in [1.82, 2.24) is 0 Å². The third-order valence-electron chi connectivity index (χ3n) is 7.97. The molecule has 1 atom stereocenters. The molecule has 0 N–H and O–H groups in total. The van der Waals surface area contributed by atoms with E-state index < -0.39 is 0 Å². The second-order valence-electron chi connectivity index (χ2n) is 12.3. The number of hydrogen-bond donors (Lipinski definition) is 0. The highest BCUT2D eigenvalue weighted by molar-refractivity contribution is 5.59. The summed E-state index contributed by atoms with van der Waals surface area (Å²) < 4.78 is 5.62. The maximum absolute atomic E-state index is 5.62. The Morgan fingerprint density at radius 1 is 0.786 bits per heavy atom. The highest BCUT2D eigenvalue weighted by atomic mass is 16.5. The van der Waals surface area contributed by atoms with Gasteiger partial charge in [0.1, 0.15) is 0 Å². The predicted octanol–water partition coefficient (Wildman–Crippen LogP) is 11.2. The molecule has 0 saturated carbocycles. The van der Waals surface area contributed by atoms with Crippen LogP contribution in [-0.2, 0) is 4.74 Å². The first kappa shape index (κ1) is 34.6. The molecule has 1 aliphatic carbocycles. The monoisotopic (exact) mass is 560 g/mol. The molecule has 1 aromatic carbocycles. The Hall–Kier alpha value is -3.60. The van der Waals surface area contributed by atoms with Gasteiger partial charge in [0.25, 0.3) is 0 Å². The van der Waals surface area contributed by atoms with E-state index in [4.69, 9.17) is 4.74 Å². The summed E-state index contributed by atoms with van der Waals surface area (Å²) in [7, 11) is 1.81. The van der Waals surface area contributed by atoms with E-state index >= 15 is 0 Å². The van der Waals surface area contributed by atoms with Crippen LogP contribution in [0.5, 0.6) is 0 Å². The van der Waals surface area contributed by atoms with Gasteiger partial charge in [-0.3, -0.25) is 0 Å². The molecular weight excluding hydrogens is 508 g/mol. The molecule has 2 rings (SSSR count). The maximum Gasteiger partial charge on any atom is 0.0617 e. The SMILES string of the molecule is COC1CC(C)=C(C#CC(C)=CC=CC(C)=CC=CC=C(C)C=CC=C(C)C=Cc2ccc(C)c(C)c2C)C(C)(C)C1. The fourth-order valence-corrected chi connectivity index (χ4v) is 5.07. The van der Waals surface area contributed by atoms with Gasteiger partial charge in [0, 0.05) is 18.1 Å². The van der Waals surface area contributed by atoms with Crippen molar-refractivity contribution in [2.45, 2.75) is 88.2 Å². The molecule has 1 unspecified atom stereocenters. The Bertz CT molecular complexity index is 1440. The Kier molecular flexibility index (Phi) is 13.8. The fourth-order valence-electron chi connectivity index (χ4n) is 5.07. The summed E-state index contributed by atoms with van der Waals surface area (Å²) in [5.74, 6) is 6.82. The van der Waals surface area contributed by atoms with Crippen LogP contribution < -0.4 is 0 Å². The van der Waals surface area contributed by atoms with Gasteiger partial charge in [0.15, 0.2) is 0 Å². The predicted molar refractivity (Wildman–Crippen MR) is 186 cm³/mol. The number of hydrogen-bond acceptors (Lipinski definition) is 1. The first-order valence-corrected chi connectivity index (χ1v) is 15.1. The Balaban J connectivity index is 1.92. The highest BCUT2D eigenvalue weighted by Crippen LogP contribution is 2.40. The minimum absolute atomic E-state index is 0.0495. The number of aryl methyl sites for hydroxylation is 1. The lowest BCUT2D eigenvalue weighted by atomic mass is 9.72. The van der Waals surface area contributed by atoms with Crippen LogP contribution in [0.4, 0.5) is 0 Å². The zero-order valence-corrected chi connectivity index (χ0v) is 28.0. The van der Waals surface area contributed by atoms with Crippen molar-refractivity contribution in [2.24, 2.45) is 5.41 Å². The van der Waals surface area contributed by atoms with Gasteiger partial charge in [0.05, 0.1) is 6.10 Å². The molecule has 222 valence electrons. The Labute approximate surface area is 257 Å². The molecule has 0 amide bonds. The molecule has 0 aliphatic heterocycles. The van der Waals surface area contributed by atoms with Gasteiger partial charge in [-0.1, -0.05) is 133 Å². The molecule has 1 aliphatic rings. The van der Waals surface area contributed by atoms with Gasteiger partial charge in [-0.15, -0.1) is 0 Å². The quantitative estimate of drug-likeness (QED) is 0.216. The van der Waals surface area contributed by atoms with E-state index in [0.717, 1.165) is 18.4 Å². The maximum atomic E-state index is 5.62. The highest BCUT2D eigenvalue weighted by Gasteiger charge is 2.32. The second-order valence-corrected chi connectivity index (χ2v) is 12.3. The van der Waals surface area contributed by atoms with Crippen molar-refractivity contribution in [2.75, 3.05) is 7.11 Å². The van der Waals surface area contributed by atoms with Crippen LogP contribution in [-0.4, -0.2) is 13.2 Å². The Morgan fingerprint density at radius 2 is 1.36 bits per heavy atom. The van der Waals surface area contributed by atoms with Gasteiger partial charge in [-0.05, 0) is 96.1 Å². The first-order valence-electron chi connectivity index (χ1n) is 15.1. The molecule has 42 heavy (non-hydrogen) atoms. The topological polar surface area (TPSA) is 9.23 Å². The molecule has 0 heterocycles. The van der Waals surface area contributed by atoms with E-state index in [-0.39, 0.29) is 5.41 Å². The van der Waals surface area contributed by atoms with E-state index in [1.54, 1.807) is 7.11 Å². The van der Waals surface area contributed by atoms with Crippen LogP contribution in [0.15, 0.2) is 112 Å². The van der Waals surface area contributed by atoms with Crippen LogP contribution in [0.3, 0.4) is 0 Å². The summed E-state index contributed by atoms with van der Waals surface area (Å²) in [5.41, 5.74) is 12.7. The van der Waals surface area contributed by atoms with Crippen molar-refractivity contribution in [3.05, 3.63) is 135 Å². The van der Waals surface area contributed by atoms with Crippen LogP contribution in [0.25, 0.3) is 6.08 Å². The zero-order valence-electron chi connectivity index (χ0n) is 28.0. The van der Waals surface area contributed by atoms with E-state index in [1.165, 1.54) is 50.1 Å². The second kappa shape index (κ2) is 16.7. The van der Waals surface area contributed by atoms with Gasteiger partial charge >= 0.3 is 0 Å². The summed E-state index contributed by atoms with van der Waals surface area (Å²) in [5, 5.41) is 0. The number of rotatable bonds is 9.